The molecule has 26 heavy (non-hydrogen) atoms. The van der Waals surface area contributed by atoms with E-state index in [9.17, 15) is 4.79 Å². The Morgan fingerprint density at radius 2 is 1.85 bits per heavy atom. The highest BCUT2D eigenvalue weighted by atomic mass is 32.2. The average Bonchev–Trinajstić information content (AvgIpc) is 3.11. The van der Waals surface area contributed by atoms with E-state index in [-0.39, 0.29) is 5.91 Å². The monoisotopic (exact) mass is 367 g/mol. The van der Waals surface area contributed by atoms with Gasteiger partial charge in [0, 0.05) is 11.3 Å². The Hall–Kier alpha value is -2.60. The third-order valence-electron chi connectivity index (χ3n) is 3.82. The van der Waals surface area contributed by atoms with Crippen molar-refractivity contribution in [2.75, 3.05) is 11.1 Å². The number of nitrogens with zero attached hydrogens (tertiary/aromatic N) is 2. The first-order valence-corrected chi connectivity index (χ1v) is 9.63. The SMILES string of the molecule is CC(C)c1ccccc1NC(=O)CSCc1nc(-c2ccccc2)no1. The van der Waals surface area contributed by atoms with Gasteiger partial charge in [0.1, 0.15) is 0 Å². The van der Waals surface area contributed by atoms with Crippen LogP contribution in [-0.2, 0) is 10.5 Å². The van der Waals surface area contributed by atoms with E-state index in [4.69, 9.17) is 4.52 Å². The van der Waals surface area contributed by atoms with Crippen molar-refractivity contribution in [2.45, 2.75) is 25.5 Å². The fourth-order valence-corrected chi connectivity index (χ4v) is 3.20. The van der Waals surface area contributed by atoms with Crippen molar-refractivity contribution < 1.29 is 9.32 Å². The summed E-state index contributed by atoms with van der Waals surface area (Å²) in [6, 6.07) is 17.6. The van der Waals surface area contributed by atoms with Gasteiger partial charge < -0.3 is 9.84 Å². The number of aromatic nitrogens is 2. The molecule has 0 atom stereocenters. The molecule has 0 fully saturated rings. The van der Waals surface area contributed by atoms with Gasteiger partial charge in [0.05, 0.1) is 11.5 Å². The number of benzene rings is 2. The van der Waals surface area contributed by atoms with Gasteiger partial charge in [-0.3, -0.25) is 4.79 Å². The molecule has 0 saturated carbocycles. The molecule has 0 bridgehead atoms. The van der Waals surface area contributed by atoms with Gasteiger partial charge in [-0.05, 0) is 17.5 Å². The van der Waals surface area contributed by atoms with Crippen LogP contribution in [0.25, 0.3) is 11.4 Å². The first kappa shape index (κ1) is 18.2. The van der Waals surface area contributed by atoms with E-state index in [0.717, 1.165) is 16.8 Å². The zero-order valence-corrected chi connectivity index (χ0v) is 15.6. The molecule has 0 aliphatic carbocycles. The zero-order valence-electron chi connectivity index (χ0n) is 14.8. The highest BCUT2D eigenvalue weighted by molar-refractivity contribution is 7.99. The van der Waals surface area contributed by atoms with Crippen LogP contribution in [0.3, 0.4) is 0 Å². The third-order valence-corrected chi connectivity index (χ3v) is 4.73. The van der Waals surface area contributed by atoms with Crippen LogP contribution in [0.1, 0.15) is 31.2 Å². The lowest BCUT2D eigenvalue weighted by Gasteiger charge is -2.13. The summed E-state index contributed by atoms with van der Waals surface area (Å²) in [5.74, 6) is 2.23. The molecule has 5 nitrogen and oxygen atoms in total. The summed E-state index contributed by atoms with van der Waals surface area (Å²) in [6.45, 7) is 4.22. The highest BCUT2D eigenvalue weighted by Crippen LogP contribution is 2.24. The predicted octanol–water partition coefficient (Wildman–Crippen LogP) is 4.73. The van der Waals surface area contributed by atoms with Gasteiger partial charge in [-0.25, -0.2) is 0 Å². The largest absolute Gasteiger partial charge is 0.338 e. The van der Waals surface area contributed by atoms with Crippen LogP contribution in [0.4, 0.5) is 5.69 Å². The molecule has 0 radical (unpaired) electrons. The van der Waals surface area contributed by atoms with Crippen LogP contribution in [0.5, 0.6) is 0 Å². The van der Waals surface area contributed by atoms with Crippen LogP contribution >= 0.6 is 11.8 Å². The highest BCUT2D eigenvalue weighted by Gasteiger charge is 2.11. The predicted molar refractivity (Wildman–Crippen MR) is 105 cm³/mol. The first-order chi connectivity index (χ1) is 12.6. The summed E-state index contributed by atoms with van der Waals surface area (Å²) >= 11 is 1.45. The van der Waals surface area contributed by atoms with Crippen LogP contribution in [0.2, 0.25) is 0 Å². The van der Waals surface area contributed by atoms with E-state index >= 15 is 0 Å². The van der Waals surface area contributed by atoms with Gasteiger partial charge in [-0.2, -0.15) is 4.98 Å². The summed E-state index contributed by atoms with van der Waals surface area (Å²) in [6.07, 6.45) is 0. The first-order valence-electron chi connectivity index (χ1n) is 8.48. The van der Waals surface area contributed by atoms with E-state index in [1.807, 2.05) is 54.6 Å². The summed E-state index contributed by atoms with van der Waals surface area (Å²) in [5.41, 5.74) is 2.92. The second-order valence-corrected chi connectivity index (χ2v) is 7.15. The maximum Gasteiger partial charge on any atom is 0.236 e. The van der Waals surface area contributed by atoms with Crippen molar-refractivity contribution >= 4 is 23.4 Å². The number of amides is 1. The minimum absolute atomic E-state index is 0.0362. The quantitative estimate of drug-likeness (QED) is 0.654. The number of carbonyl (C=O) groups is 1. The number of anilines is 1. The van der Waals surface area contributed by atoms with E-state index in [1.165, 1.54) is 11.8 Å². The fraction of sp³-hybridized carbons (Fsp3) is 0.250. The molecule has 0 saturated heterocycles. The maximum absolute atomic E-state index is 12.2. The van der Waals surface area contributed by atoms with Crippen LogP contribution in [-0.4, -0.2) is 21.8 Å². The molecule has 0 spiro atoms. The number of hydrogen-bond acceptors (Lipinski definition) is 5. The number of thioether (sulfide) groups is 1. The van der Waals surface area contributed by atoms with Crippen LogP contribution < -0.4 is 5.32 Å². The molecule has 0 unspecified atom stereocenters. The normalized spacial score (nSPS) is 10.9. The van der Waals surface area contributed by atoms with Gasteiger partial charge in [0.15, 0.2) is 0 Å². The third kappa shape index (κ3) is 4.73. The molecule has 1 N–H and O–H groups in total. The molecule has 2 aromatic carbocycles. The summed E-state index contributed by atoms with van der Waals surface area (Å²) in [5, 5.41) is 6.97. The molecule has 1 heterocycles. The smallest absolute Gasteiger partial charge is 0.236 e. The molecule has 134 valence electrons. The van der Waals surface area contributed by atoms with E-state index in [2.05, 4.69) is 29.3 Å². The average molecular weight is 367 g/mol. The lowest BCUT2D eigenvalue weighted by Crippen LogP contribution is -2.15. The van der Waals surface area contributed by atoms with Crippen molar-refractivity contribution in [3.63, 3.8) is 0 Å². The lowest BCUT2D eigenvalue weighted by molar-refractivity contribution is -0.113. The molecule has 0 aliphatic heterocycles. The topological polar surface area (TPSA) is 68.0 Å². The van der Waals surface area contributed by atoms with Crippen LogP contribution in [0.15, 0.2) is 59.1 Å². The second kappa shape index (κ2) is 8.67. The Balaban J connectivity index is 1.51. The number of hydrogen-bond donors (Lipinski definition) is 1. The molecule has 1 aromatic heterocycles. The van der Waals surface area contributed by atoms with Crippen molar-refractivity contribution in [3.8, 4) is 11.4 Å². The van der Waals surface area contributed by atoms with Crippen molar-refractivity contribution in [2.24, 2.45) is 0 Å². The van der Waals surface area contributed by atoms with Crippen molar-refractivity contribution in [1.29, 1.82) is 0 Å². The van der Waals surface area contributed by atoms with Crippen molar-refractivity contribution in [1.82, 2.24) is 10.1 Å². The van der Waals surface area contributed by atoms with Gasteiger partial charge in [0.2, 0.25) is 17.6 Å². The minimum atomic E-state index is -0.0362. The molecule has 6 heteroatoms. The van der Waals surface area contributed by atoms with E-state index < -0.39 is 0 Å². The zero-order chi connectivity index (χ0) is 18.4. The Morgan fingerprint density at radius 3 is 2.62 bits per heavy atom. The second-order valence-electron chi connectivity index (χ2n) is 6.16. The Kier molecular flexibility index (Phi) is 6.07. The van der Waals surface area contributed by atoms with Crippen molar-refractivity contribution in [3.05, 3.63) is 66.1 Å². The summed E-state index contributed by atoms with van der Waals surface area (Å²) in [4.78, 5) is 16.6. The minimum Gasteiger partial charge on any atom is -0.338 e. The number of rotatable bonds is 7. The van der Waals surface area contributed by atoms with Gasteiger partial charge in [-0.1, -0.05) is 67.5 Å². The molecular weight excluding hydrogens is 346 g/mol. The molecule has 3 aromatic rings. The molecule has 1 amide bonds. The van der Waals surface area contributed by atoms with Gasteiger partial charge in [-0.15, -0.1) is 11.8 Å². The number of para-hydroxylation sites is 1. The van der Waals surface area contributed by atoms with E-state index in [0.29, 0.717) is 29.1 Å². The lowest BCUT2D eigenvalue weighted by atomic mass is 10.0. The summed E-state index contributed by atoms with van der Waals surface area (Å²) in [7, 11) is 0. The Labute approximate surface area is 157 Å². The number of carbonyl (C=O) groups excluding carboxylic acids is 1. The molecular formula is C20H21N3O2S. The summed E-state index contributed by atoms with van der Waals surface area (Å²) < 4.78 is 5.26. The standard InChI is InChI=1S/C20H21N3O2S/c1-14(2)16-10-6-7-11-17(16)21-18(24)12-26-13-19-22-20(23-25-19)15-8-4-3-5-9-15/h3-11,14H,12-13H2,1-2H3,(H,21,24). The van der Waals surface area contributed by atoms with Crippen LogP contribution in [0, 0.1) is 0 Å². The maximum atomic E-state index is 12.2. The molecule has 0 aliphatic rings. The molecule has 3 rings (SSSR count). The Bertz CT molecular complexity index is 862. The Morgan fingerprint density at radius 1 is 1.12 bits per heavy atom. The fourth-order valence-electron chi connectivity index (χ4n) is 2.55. The number of nitrogens with one attached hydrogen (secondary N) is 1. The van der Waals surface area contributed by atoms with E-state index in [1.54, 1.807) is 0 Å². The van der Waals surface area contributed by atoms with Gasteiger partial charge >= 0.3 is 0 Å². The van der Waals surface area contributed by atoms with Gasteiger partial charge in [0.25, 0.3) is 0 Å².